The maximum Gasteiger partial charge on any atom is 0.417 e. The Morgan fingerprint density at radius 2 is 1.80 bits per heavy atom. The first-order valence-corrected chi connectivity index (χ1v) is 8.72. The molecule has 0 saturated heterocycles. The summed E-state index contributed by atoms with van der Waals surface area (Å²) in [5, 5.41) is 1.13. The van der Waals surface area contributed by atoms with Crippen molar-refractivity contribution in [1.82, 2.24) is 14.5 Å². The van der Waals surface area contributed by atoms with Crippen LogP contribution in [0.2, 0.25) is 10.0 Å². The van der Waals surface area contributed by atoms with Gasteiger partial charge in [-0.2, -0.15) is 13.2 Å². The fourth-order valence-corrected chi connectivity index (χ4v) is 3.34. The molecular weight excluding hydrogens is 394 g/mol. The highest BCUT2D eigenvalue weighted by molar-refractivity contribution is 7.98. The van der Waals surface area contributed by atoms with E-state index in [1.165, 1.54) is 11.8 Å². The normalized spacial score (nSPS) is 11.7. The number of alkyl halides is 3. The van der Waals surface area contributed by atoms with Crippen LogP contribution in [0.15, 0.2) is 54.1 Å². The van der Waals surface area contributed by atoms with E-state index in [1.807, 2.05) is 12.1 Å². The molecule has 3 nitrogen and oxygen atoms in total. The Morgan fingerprint density at radius 1 is 1.08 bits per heavy atom. The van der Waals surface area contributed by atoms with Gasteiger partial charge in [-0.3, -0.25) is 4.57 Å². The molecule has 0 saturated carbocycles. The minimum atomic E-state index is -4.49. The molecule has 0 fully saturated rings. The number of rotatable bonds is 4. The van der Waals surface area contributed by atoms with Gasteiger partial charge in [0.2, 0.25) is 0 Å². The molecule has 0 radical (unpaired) electrons. The minimum absolute atomic E-state index is 0.0961. The van der Waals surface area contributed by atoms with Crippen molar-refractivity contribution in [2.75, 3.05) is 0 Å². The Bertz CT molecular complexity index is 879. The van der Waals surface area contributed by atoms with Crippen LogP contribution in [-0.4, -0.2) is 14.5 Å². The van der Waals surface area contributed by atoms with Crippen molar-refractivity contribution in [3.8, 4) is 5.82 Å². The lowest BCUT2D eigenvalue weighted by Gasteiger charge is -2.11. The summed E-state index contributed by atoms with van der Waals surface area (Å²) in [5.41, 5.74) is 0.146. The monoisotopic (exact) mass is 403 g/mol. The highest BCUT2D eigenvalue weighted by atomic mass is 35.5. The summed E-state index contributed by atoms with van der Waals surface area (Å²) in [7, 11) is 0. The smallest absolute Gasteiger partial charge is 0.278 e. The van der Waals surface area contributed by atoms with Gasteiger partial charge in [0, 0.05) is 29.4 Å². The van der Waals surface area contributed by atoms with Gasteiger partial charge in [0.15, 0.2) is 11.0 Å². The molecule has 0 aliphatic heterocycles. The molecule has 130 valence electrons. The molecule has 0 N–H and O–H groups in total. The molecule has 2 heterocycles. The molecule has 0 spiro atoms. The van der Waals surface area contributed by atoms with Crippen LogP contribution in [0.1, 0.15) is 11.1 Å². The number of hydrogen-bond acceptors (Lipinski definition) is 3. The largest absolute Gasteiger partial charge is 0.417 e. The predicted octanol–water partition coefficient (Wildman–Crippen LogP) is 5.89. The summed E-state index contributed by atoms with van der Waals surface area (Å²) < 4.78 is 39.7. The maximum absolute atomic E-state index is 12.7. The van der Waals surface area contributed by atoms with Gasteiger partial charge < -0.3 is 0 Å². The zero-order valence-electron chi connectivity index (χ0n) is 12.5. The molecular formula is C16H10Cl2F3N3S. The molecule has 9 heteroatoms. The molecule has 1 aromatic carbocycles. The van der Waals surface area contributed by atoms with Crippen LogP contribution in [0, 0.1) is 0 Å². The van der Waals surface area contributed by atoms with Crippen LogP contribution in [0.25, 0.3) is 5.82 Å². The van der Waals surface area contributed by atoms with Crippen LogP contribution >= 0.6 is 35.0 Å². The molecule has 25 heavy (non-hydrogen) atoms. The second-order valence-electron chi connectivity index (χ2n) is 5.02. The number of hydrogen-bond donors (Lipinski definition) is 0. The second kappa shape index (κ2) is 7.27. The van der Waals surface area contributed by atoms with Crippen LogP contribution in [-0.2, 0) is 11.9 Å². The fraction of sp³-hybridized carbons (Fsp3) is 0.125. The number of benzene rings is 1. The molecule has 3 aromatic rings. The van der Waals surface area contributed by atoms with Crippen molar-refractivity contribution in [2.45, 2.75) is 17.1 Å². The van der Waals surface area contributed by atoms with Gasteiger partial charge in [-0.05, 0) is 23.8 Å². The van der Waals surface area contributed by atoms with Crippen LogP contribution in [0.5, 0.6) is 0 Å². The van der Waals surface area contributed by atoms with E-state index in [4.69, 9.17) is 23.2 Å². The summed E-state index contributed by atoms with van der Waals surface area (Å²) in [5.74, 6) is 0.817. The third kappa shape index (κ3) is 4.29. The summed E-state index contributed by atoms with van der Waals surface area (Å²) in [6.07, 6.45) is -0.587. The van der Waals surface area contributed by atoms with Crippen molar-refractivity contribution >= 4 is 35.0 Å². The van der Waals surface area contributed by atoms with E-state index in [1.54, 1.807) is 29.1 Å². The average molecular weight is 404 g/mol. The van der Waals surface area contributed by atoms with Crippen molar-refractivity contribution in [3.63, 3.8) is 0 Å². The summed E-state index contributed by atoms with van der Waals surface area (Å²) in [6, 6.07) is 8.23. The molecule has 2 aromatic heterocycles. The second-order valence-corrected chi connectivity index (χ2v) is 6.81. The van der Waals surface area contributed by atoms with E-state index in [2.05, 4.69) is 9.97 Å². The van der Waals surface area contributed by atoms with E-state index >= 15 is 0 Å². The Hall–Kier alpha value is -1.70. The lowest BCUT2D eigenvalue weighted by atomic mass is 10.2. The van der Waals surface area contributed by atoms with Gasteiger partial charge in [0.1, 0.15) is 0 Å². The molecule has 0 unspecified atom stereocenters. The SMILES string of the molecule is FC(F)(F)c1cnc(-n2ccnc2SCc2ccc(Cl)cc2)c(Cl)c1. The van der Waals surface area contributed by atoms with E-state index in [0.29, 0.717) is 15.9 Å². The lowest BCUT2D eigenvalue weighted by Crippen LogP contribution is -2.08. The highest BCUT2D eigenvalue weighted by Gasteiger charge is 2.31. The highest BCUT2D eigenvalue weighted by Crippen LogP contribution is 2.33. The topological polar surface area (TPSA) is 30.7 Å². The maximum atomic E-state index is 12.7. The zero-order valence-corrected chi connectivity index (χ0v) is 14.8. The number of thioether (sulfide) groups is 1. The quantitative estimate of drug-likeness (QED) is 0.509. The van der Waals surface area contributed by atoms with Gasteiger partial charge in [-0.25, -0.2) is 9.97 Å². The Morgan fingerprint density at radius 3 is 2.44 bits per heavy atom. The minimum Gasteiger partial charge on any atom is -0.278 e. The summed E-state index contributed by atoms with van der Waals surface area (Å²) in [6.45, 7) is 0. The molecule has 0 atom stereocenters. The summed E-state index contributed by atoms with van der Waals surface area (Å²) >= 11 is 13.3. The number of halogens is 5. The first kappa shape index (κ1) is 18.1. The standard InChI is InChI=1S/C16H10Cl2F3N3S/c17-12-3-1-10(2-4-12)9-25-15-22-5-6-24(15)14-13(18)7-11(8-23-14)16(19,20)21/h1-8H,9H2. The van der Waals surface area contributed by atoms with Gasteiger partial charge in [0.25, 0.3) is 0 Å². The van der Waals surface area contributed by atoms with E-state index in [9.17, 15) is 13.2 Å². The van der Waals surface area contributed by atoms with Gasteiger partial charge in [-0.1, -0.05) is 47.1 Å². The van der Waals surface area contributed by atoms with Crippen LogP contribution < -0.4 is 0 Å². The first-order valence-electron chi connectivity index (χ1n) is 6.98. The number of imidazole rings is 1. The molecule has 0 aliphatic carbocycles. The third-order valence-electron chi connectivity index (χ3n) is 3.27. The van der Waals surface area contributed by atoms with Crippen LogP contribution in [0.4, 0.5) is 13.2 Å². The van der Waals surface area contributed by atoms with Gasteiger partial charge in [0.05, 0.1) is 10.6 Å². The Balaban J connectivity index is 1.83. The summed E-state index contributed by atoms with van der Waals surface area (Å²) in [4.78, 5) is 8.07. The molecule has 0 amide bonds. The number of nitrogens with zero attached hydrogens (tertiary/aromatic N) is 3. The van der Waals surface area contributed by atoms with Crippen LogP contribution in [0.3, 0.4) is 0 Å². The molecule has 3 rings (SSSR count). The van der Waals surface area contributed by atoms with Crippen molar-refractivity contribution in [2.24, 2.45) is 0 Å². The van der Waals surface area contributed by atoms with Crippen molar-refractivity contribution in [1.29, 1.82) is 0 Å². The lowest BCUT2D eigenvalue weighted by molar-refractivity contribution is -0.137. The van der Waals surface area contributed by atoms with Gasteiger partial charge >= 0.3 is 6.18 Å². The average Bonchev–Trinajstić information content (AvgIpc) is 3.01. The Labute approximate surface area is 155 Å². The van der Waals surface area contributed by atoms with E-state index in [0.717, 1.165) is 17.8 Å². The Kier molecular flexibility index (Phi) is 5.27. The van der Waals surface area contributed by atoms with Crippen molar-refractivity contribution < 1.29 is 13.2 Å². The predicted molar refractivity (Wildman–Crippen MR) is 92.4 cm³/mol. The van der Waals surface area contributed by atoms with E-state index < -0.39 is 11.7 Å². The fourth-order valence-electron chi connectivity index (χ4n) is 2.05. The molecule has 0 aliphatic rings. The van der Waals surface area contributed by atoms with Crippen molar-refractivity contribution in [3.05, 3.63) is 70.1 Å². The van der Waals surface area contributed by atoms with E-state index in [-0.39, 0.29) is 10.8 Å². The van der Waals surface area contributed by atoms with Gasteiger partial charge in [-0.15, -0.1) is 0 Å². The number of aromatic nitrogens is 3. The third-order valence-corrected chi connectivity index (χ3v) is 4.83. The zero-order chi connectivity index (χ0) is 18.0. The number of pyridine rings is 1. The molecule has 0 bridgehead atoms. The first-order chi connectivity index (χ1) is 11.8.